The van der Waals surface area contributed by atoms with Crippen molar-refractivity contribution in [3.05, 3.63) is 53.9 Å². The van der Waals surface area contributed by atoms with Gasteiger partial charge in [-0.1, -0.05) is 0 Å². The average molecular weight is 441 g/mol. The Morgan fingerprint density at radius 1 is 1.22 bits per heavy atom. The molecule has 1 aromatic heterocycles. The molecule has 0 radical (unpaired) electrons. The number of nitrogens with zero attached hydrogens (tertiary/aromatic N) is 1. The Kier molecular flexibility index (Phi) is 6.99. The number of rotatable bonds is 8. The average Bonchev–Trinajstić information content (AvgIpc) is 3.16. The Morgan fingerprint density at radius 2 is 2.03 bits per heavy atom. The van der Waals surface area contributed by atoms with Crippen LogP contribution in [0, 0.1) is 0 Å². The number of carbonyl (C=O) groups excluding carboxylic acids is 2. The molecule has 9 heteroatoms. The number of aliphatic hydroxyl groups excluding tert-OH is 1. The van der Waals surface area contributed by atoms with Crippen molar-refractivity contribution in [3.63, 3.8) is 0 Å². The van der Waals surface area contributed by atoms with Crippen molar-refractivity contribution in [1.29, 1.82) is 0 Å². The molecular formula is C23H27N3O6. The number of amides is 2. The van der Waals surface area contributed by atoms with Gasteiger partial charge < -0.3 is 30.0 Å². The van der Waals surface area contributed by atoms with Gasteiger partial charge in [-0.3, -0.25) is 14.6 Å². The van der Waals surface area contributed by atoms with E-state index in [1.807, 2.05) is 18.2 Å². The first-order valence-corrected chi connectivity index (χ1v) is 10.6. The molecule has 4 rings (SSSR count). The monoisotopic (exact) mass is 441 g/mol. The van der Waals surface area contributed by atoms with Crippen molar-refractivity contribution in [2.45, 2.75) is 43.6 Å². The zero-order valence-electron chi connectivity index (χ0n) is 17.8. The van der Waals surface area contributed by atoms with Crippen LogP contribution in [-0.2, 0) is 25.6 Å². The molecule has 0 saturated carbocycles. The number of fused-ring (bicyclic) bond motifs is 3. The first kappa shape index (κ1) is 22.2. The molecule has 2 aliphatic rings. The molecule has 0 unspecified atom stereocenters. The van der Waals surface area contributed by atoms with E-state index in [-0.39, 0.29) is 49.6 Å². The third kappa shape index (κ3) is 5.07. The predicted octanol–water partition coefficient (Wildman–Crippen LogP) is 1.37. The van der Waals surface area contributed by atoms with Crippen LogP contribution in [0.25, 0.3) is 0 Å². The van der Waals surface area contributed by atoms with Crippen molar-refractivity contribution in [3.8, 4) is 5.75 Å². The Morgan fingerprint density at radius 3 is 2.78 bits per heavy atom. The van der Waals surface area contributed by atoms with Crippen LogP contribution in [0.4, 0.5) is 5.69 Å². The Hall–Kier alpha value is -3.01. The van der Waals surface area contributed by atoms with E-state index < -0.39 is 6.10 Å². The molecule has 4 atom stereocenters. The van der Waals surface area contributed by atoms with Gasteiger partial charge in [0.15, 0.2) is 0 Å². The number of pyridine rings is 1. The Balaban J connectivity index is 1.42. The SMILES string of the molecule is COCC(=O)Nc1ccc2c(c1)[C@H]1C[C@H](CC(=O)NCc3ccncc3)O[C@@H](CO)[C@H]1O2. The number of aliphatic hydroxyl groups is 1. The molecule has 170 valence electrons. The van der Waals surface area contributed by atoms with Gasteiger partial charge in [0.25, 0.3) is 0 Å². The summed E-state index contributed by atoms with van der Waals surface area (Å²) in [5.41, 5.74) is 2.55. The number of ether oxygens (including phenoxy) is 3. The summed E-state index contributed by atoms with van der Waals surface area (Å²) in [7, 11) is 1.46. The number of benzene rings is 1. The summed E-state index contributed by atoms with van der Waals surface area (Å²) in [6, 6.07) is 9.15. The lowest BCUT2D eigenvalue weighted by Gasteiger charge is -2.37. The van der Waals surface area contributed by atoms with Gasteiger partial charge in [0.1, 0.15) is 24.6 Å². The van der Waals surface area contributed by atoms with E-state index in [2.05, 4.69) is 15.6 Å². The minimum absolute atomic E-state index is 0.0310. The van der Waals surface area contributed by atoms with Crippen molar-refractivity contribution in [2.75, 3.05) is 25.6 Å². The number of nitrogens with one attached hydrogen (secondary N) is 2. The molecule has 2 aliphatic heterocycles. The van der Waals surface area contributed by atoms with Crippen LogP contribution >= 0.6 is 0 Å². The maximum absolute atomic E-state index is 12.5. The lowest BCUT2D eigenvalue weighted by molar-refractivity contribution is -0.142. The van der Waals surface area contributed by atoms with Gasteiger partial charge in [0.2, 0.25) is 11.8 Å². The van der Waals surface area contributed by atoms with Crippen molar-refractivity contribution in [1.82, 2.24) is 10.3 Å². The molecule has 9 nitrogen and oxygen atoms in total. The lowest BCUT2D eigenvalue weighted by Crippen LogP contribution is -2.47. The maximum Gasteiger partial charge on any atom is 0.250 e. The quantitative estimate of drug-likeness (QED) is 0.566. The minimum Gasteiger partial charge on any atom is -0.487 e. The summed E-state index contributed by atoms with van der Waals surface area (Å²) in [6.45, 7) is 0.179. The smallest absolute Gasteiger partial charge is 0.250 e. The van der Waals surface area contributed by atoms with Crippen molar-refractivity contribution in [2.24, 2.45) is 0 Å². The van der Waals surface area contributed by atoms with E-state index in [0.29, 0.717) is 24.4 Å². The molecular weight excluding hydrogens is 414 g/mol. The van der Waals surface area contributed by atoms with Gasteiger partial charge in [-0.05, 0) is 42.3 Å². The molecule has 0 spiro atoms. The molecule has 0 aliphatic carbocycles. The summed E-state index contributed by atoms with van der Waals surface area (Å²) in [5.74, 6) is 0.288. The van der Waals surface area contributed by atoms with Crippen molar-refractivity contribution < 1.29 is 28.9 Å². The number of anilines is 1. The number of methoxy groups -OCH3 is 1. The first-order valence-electron chi connectivity index (χ1n) is 10.6. The largest absolute Gasteiger partial charge is 0.487 e. The van der Waals surface area contributed by atoms with E-state index >= 15 is 0 Å². The zero-order chi connectivity index (χ0) is 22.5. The topological polar surface area (TPSA) is 119 Å². The van der Waals surface area contributed by atoms with E-state index in [1.54, 1.807) is 24.5 Å². The number of hydrogen-bond acceptors (Lipinski definition) is 7. The van der Waals surface area contributed by atoms with Gasteiger partial charge >= 0.3 is 0 Å². The maximum atomic E-state index is 12.5. The summed E-state index contributed by atoms with van der Waals surface area (Å²) in [5, 5.41) is 15.6. The van der Waals surface area contributed by atoms with E-state index in [1.165, 1.54) is 7.11 Å². The summed E-state index contributed by atoms with van der Waals surface area (Å²) >= 11 is 0. The molecule has 3 heterocycles. The fourth-order valence-corrected chi connectivity index (χ4v) is 4.28. The highest BCUT2D eigenvalue weighted by Crippen LogP contribution is 2.47. The lowest BCUT2D eigenvalue weighted by atomic mass is 9.84. The normalized spacial score (nSPS) is 23.6. The van der Waals surface area contributed by atoms with E-state index in [9.17, 15) is 14.7 Å². The second-order valence-corrected chi connectivity index (χ2v) is 7.97. The Labute approximate surface area is 186 Å². The molecule has 32 heavy (non-hydrogen) atoms. The minimum atomic E-state index is -0.536. The van der Waals surface area contributed by atoms with Crippen LogP contribution in [0.1, 0.15) is 29.9 Å². The molecule has 0 bridgehead atoms. The Bertz CT molecular complexity index is 954. The van der Waals surface area contributed by atoms with Gasteiger partial charge in [0.05, 0.1) is 19.1 Å². The van der Waals surface area contributed by atoms with Crippen LogP contribution < -0.4 is 15.4 Å². The van der Waals surface area contributed by atoms with Crippen LogP contribution in [0.2, 0.25) is 0 Å². The fraction of sp³-hybridized carbons (Fsp3) is 0.435. The van der Waals surface area contributed by atoms with Gasteiger partial charge in [-0.2, -0.15) is 0 Å². The van der Waals surface area contributed by atoms with Crippen LogP contribution in [-0.4, -0.2) is 60.5 Å². The predicted molar refractivity (Wildman–Crippen MR) is 115 cm³/mol. The highest BCUT2D eigenvalue weighted by molar-refractivity contribution is 5.92. The van der Waals surface area contributed by atoms with Crippen LogP contribution in [0.5, 0.6) is 5.75 Å². The van der Waals surface area contributed by atoms with Crippen LogP contribution in [0.3, 0.4) is 0 Å². The molecule has 3 N–H and O–H groups in total. The third-order valence-corrected chi connectivity index (χ3v) is 5.71. The number of hydrogen-bond donors (Lipinski definition) is 3. The summed E-state index contributed by atoms with van der Waals surface area (Å²) in [6.07, 6.45) is 2.90. The first-order chi connectivity index (χ1) is 15.6. The summed E-state index contributed by atoms with van der Waals surface area (Å²) < 4.78 is 16.9. The molecule has 1 saturated heterocycles. The van der Waals surface area contributed by atoms with Gasteiger partial charge in [0, 0.05) is 43.2 Å². The van der Waals surface area contributed by atoms with Gasteiger partial charge in [-0.25, -0.2) is 0 Å². The highest BCUT2D eigenvalue weighted by atomic mass is 16.6. The molecule has 1 aromatic carbocycles. The second kappa shape index (κ2) is 10.1. The van der Waals surface area contributed by atoms with Crippen LogP contribution in [0.15, 0.2) is 42.7 Å². The zero-order valence-corrected chi connectivity index (χ0v) is 17.8. The van der Waals surface area contributed by atoms with E-state index in [0.717, 1.165) is 11.1 Å². The van der Waals surface area contributed by atoms with Crippen molar-refractivity contribution >= 4 is 17.5 Å². The third-order valence-electron chi connectivity index (χ3n) is 5.71. The van der Waals surface area contributed by atoms with Gasteiger partial charge in [-0.15, -0.1) is 0 Å². The summed E-state index contributed by atoms with van der Waals surface area (Å²) in [4.78, 5) is 28.3. The molecule has 2 amide bonds. The number of carbonyl (C=O) groups is 2. The fourth-order valence-electron chi connectivity index (χ4n) is 4.28. The molecule has 1 fully saturated rings. The highest BCUT2D eigenvalue weighted by Gasteiger charge is 2.46. The number of aromatic nitrogens is 1. The molecule has 2 aromatic rings. The second-order valence-electron chi connectivity index (χ2n) is 7.97. The standard InChI is InChI=1S/C23H27N3O6/c1-30-13-22(29)26-15-2-3-19-17(8-15)18-9-16(31-20(12-27)23(18)32-19)10-21(28)25-11-14-4-6-24-7-5-14/h2-8,16,18,20,23,27H,9-13H2,1H3,(H,25,28)(H,26,29)/t16-,18-,20+,23+/m1/s1. The van der Waals surface area contributed by atoms with E-state index in [4.69, 9.17) is 14.2 Å².